The number of nitrogens with one attached hydrogen (secondary N) is 4. The van der Waals surface area contributed by atoms with Crippen LogP contribution in [0, 0.1) is 0 Å². The third kappa shape index (κ3) is 9.03. The van der Waals surface area contributed by atoms with Gasteiger partial charge in [-0.2, -0.15) is 12.6 Å². The molecule has 194 valence electrons. The average Bonchev–Trinajstić information content (AvgIpc) is 3.35. The Kier molecular flexibility index (Phi) is 10.9. The summed E-state index contributed by atoms with van der Waals surface area (Å²) in [5.74, 6) is -4.59. The van der Waals surface area contributed by atoms with Crippen LogP contribution in [0.1, 0.15) is 17.7 Å². The van der Waals surface area contributed by atoms with E-state index in [1.807, 2.05) is 0 Å². The van der Waals surface area contributed by atoms with Crippen molar-refractivity contribution in [1.82, 2.24) is 25.9 Å². The highest BCUT2D eigenvalue weighted by atomic mass is 32.1. The van der Waals surface area contributed by atoms with Gasteiger partial charge in [0.15, 0.2) is 0 Å². The van der Waals surface area contributed by atoms with E-state index in [2.05, 4.69) is 38.5 Å². The number of carbonyl (C=O) groups excluding carboxylic acids is 4. The average molecular weight is 520 g/mol. The highest BCUT2D eigenvalue weighted by molar-refractivity contribution is 7.80. The van der Waals surface area contributed by atoms with Crippen LogP contribution in [-0.4, -0.2) is 74.6 Å². The van der Waals surface area contributed by atoms with E-state index >= 15 is 0 Å². The van der Waals surface area contributed by atoms with Crippen molar-refractivity contribution in [2.45, 2.75) is 43.4 Å². The number of rotatable bonds is 14. The van der Waals surface area contributed by atoms with E-state index in [1.54, 1.807) is 30.3 Å². The summed E-state index contributed by atoms with van der Waals surface area (Å²) in [6.07, 6.45) is 2.16. The number of nitrogens with two attached hydrogens (primary N) is 2. The Hall–Kier alpha value is -3.91. The maximum atomic E-state index is 13.1. The molecule has 2 rings (SSSR count). The zero-order valence-corrected chi connectivity index (χ0v) is 20.1. The zero-order chi connectivity index (χ0) is 26.7. The highest BCUT2D eigenvalue weighted by Gasteiger charge is 2.31. The van der Waals surface area contributed by atoms with Gasteiger partial charge in [0.1, 0.15) is 18.1 Å². The monoisotopic (exact) mass is 519 g/mol. The molecule has 4 unspecified atom stereocenters. The van der Waals surface area contributed by atoms with Gasteiger partial charge >= 0.3 is 5.97 Å². The van der Waals surface area contributed by atoms with Gasteiger partial charge in [-0.15, -0.1) is 0 Å². The first-order valence-electron chi connectivity index (χ1n) is 10.9. The van der Waals surface area contributed by atoms with Crippen molar-refractivity contribution in [2.75, 3.05) is 5.75 Å². The van der Waals surface area contributed by atoms with Crippen molar-refractivity contribution in [3.8, 4) is 0 Å². The molecule has 0 aliphatic heterocycles. The number of hydrogen-bond donors (Lipinski definition) is 8. The number of primary amides is 1. The summed E-state index contributed by atoms with van der Waals surface area (Å²) < 4.78 is 0. The fourth-order valence-electron chi connectivity index (χ4n) is 3.19. The first kappa shape index (κ1) is 28.3. The number of carboxylic acid groups (broad SMARTS) is 1. The molecule has 0 bridgehead atoms. The molecular weight excluding hydrogens is 490 g/mol. The normalized spacial score (nSPS) is 14.1. The number of carboxylic acids is 1. The number of nitrogens with zero attached hydrogens (tertiary/aromatic N) is 1. The Morgan fingerprint density at radius 2 is 1.56 bits per heavy atom. The highest BCUT2D eigenvalue weighted by Crippen LogP contribution is 2.06. The summed E-state index contributed by atoms with van der Waals surface area (Å²) in [7, 11) is 0. The molecule has 0 fully saturated rings. The number of hydrogen-bond acceptors (Lipinski definition) is 8. The fraction of sp³-hybridized carbons (Fsp3) is 0.364. The van der Waals surface area contributed by atoms with E-state index in [-0.39, 0.29) is 18.6 Å². The van der Waals surface area contributed by atoms with Gasteiger partial charge in [-0.1, -0.05) is 30.3 Å². The van der Waals surface area contributed by atoms with Crippen molar-refractivity contribution in [3.63, 3.8) is 0 Å². The lowest BCUT2D eigenvalue weighted by molar-refractivity contribution is -0.142. The molecule has 1 heterocycles. The topological polar surface area (TPSA) is 222 Å². The molecule has 0 radical (unpaired) electrons. The van der Waals surface area contributed by atoms with E-state index in [9.17, 15) is 29.1 Å². The lowest BCUT2D eigenvalue weighted by Crippen LogP contribution is -2.58. The SMILES string of the molecule is NC(=O)CC(NC(=O)C(Cc1cnc[nH]1)NC(=O)C(N)CS)C(=O)NC(Cc1ccccc1)C(=O)O. The summed E-state index contributed by atoms with van der Waals surface area (Å²) in [4.78, 5) is 68.3. The molecule has 4 amide bonds. The van der Waals surface area contributed by atoms with Crippen LogP contribution in [0.3, 0.4) is 0 Å². The van der Waals surface area contributed by atoms with Crippen molar-refractivity contribution in [1.29, 1.82) is 0 Å². The number of imidazole rings is 1. The molecule has 0 saturated carbocycles. The van der Waals surface area contributed by atoms with Gasteiger partial charge in [0.2, 0.25) is 23.6 Å². The van der Waals surface area contributed by atoms with Crippen LogP contribution in [0.2, 0.25) is 0 Å². The summed E-state index contributed by atoms with van der Waals surface area (Å²) >= 11 is 3.97. The Labute approximate surface area is 212 Å². The summed E-state index contributed by atoms with van der Waals surface area (Å²) in [5.41, 5.74) is 12.1. The van der Waals surface area contributed by atoms with Crippen LogP contribution in [-0.2, 0) is 36.8 Å². The van der Waals surface area contributed by atoms with E-state index in [0.717, 1.165) is 0 Å². The molecule has 1 aromatic heterocycles. The summed E-state index contributed by atoms with van der Waals surface area (Å²) in [6.45, 7) is 0. The van der Waals surface area contributed by atoms with Crippen LogP contribution in [0.15, 0.2) is 42.9 Å². The Morgan fingerprint density at radius 3 is 2.11 bits per heavy atom. The second kappa shape index (κ2) is 13.8. The van der Waals surface area contributed by atoms with Crippen molar-refractivity contribution < 1.29 is 29.1 Å². The largest absolute Gasteiger partial charge is 0.480 e. The number of carbonyl (C=O) groups is 5. The lowest BCUT2D eigenvalue weighted by atomic mass is 10.0. The quantitative estimate of drug-likeness (QED) is 0.128. The number of aliphatic carboxylic acids is 1. The molecule has 14 heteroatoms. The van der Waals surface area contributed by atoms with Crippen LogP contribution in [0.5, 0.6) is 0 Å². The van der Waals surface area contributed by atoms with E-state index in [0.29, 0.717) is 11.3 Å². The smallest absolute Gasteiger partial charge is 0.326 e. The molecule has 0 spiro atoms. The van der Waals surface area contributed by atoms with Crippen LogP contribution in [0.25, 0.3) is 0 Å². The van der Waals surface area contributed by atoms with Gasteiger partial charge in [0, 0.05) is 30.5 Å². The third-order valence-corrected chi connectivity index (χ3v) is 5.47. The standard InChI is InChI=1S/C22H29N7O6S/c23-14(10-36)19(31)27-15(7-13-9-25-11-26-13)20(32)28-16(8-18(24)30)21(33)29-17(22(34)35)6-12-4-2-1-3-5-12/h1-5,9,11,14-17,36H,6-8,10,23H2,(H2,24,30)(H,25,26)(H,27,31)(H,28,32)(H,29,33)(H,34,35). The number of aromatic amines is 1. The molecule has 36 heavy (non-hydrogen) atoms. The maximum Gasteiger partial charge on any atom is 0.326 e. The molecule has 2 aromatic rings. The molecule has 13 nitrogen and oxygen atoms in total. The molecule has 1 aromatic carbocycles. The van der Waals surface area contributed by atoms with E-state index < -0.39 is 60.2 Å². The molecule has 0 aliphatic carbocycles. The number of thiol groups is 1. The van der Waals surface area contributed by atoms with Gasteiger partial charge < -0.3 is 37.5 Å². The fourth-order valence-corrected chi connectivity index (χ4v) is 3.36. The second-order valence-corrected chi connectivity index (χ2v) is 8.32. The molecular formula is C22H29N7O6S. The van der Waals surface area contributed by atoms with Crippen molar-refractivity contribution >= 4 is 42.2 Å². The first-order chi connectivity index (χ1) is 17.1. The van der Waals surface area contributed by atoms with Gasteiger partial charge in [-0.05, 0) is 5.56 Å². The number of amides is 4. The molecule has 0 aliphatic rings. The Bertz CT molecular complexity index is 1050. The Balaban J connectivity index is 2.18. The number of aromatic nitrogens is 2. The predicted molar refractivity (Wildman–Crippen MR) is 132 cm³/mol. The van der Waals surface area contributed by atoms with E-state index in [1.165, 1.54) is 12.5 Å². The van der Waals surface area contributed by atoms with Crippen molar-refractivity contribution in [3.05, 3.63) is 54.1 Å². The van der Waals surface area contributed by atoms with Crippen molar-refractivity contribution in [2.24, 2.45) is 11.5 Å². The number of benzene rings is 1. The maximum absolute atomic E-state index is 13.1. The van der Waals surface area contributed by atoms with Crippen LogP contribution < -0.4 is 27.4 Å². The van der Waals surface area contributed by atoms with Gasteiger partial charge in [-0.3, -0.25) is 19.2 Å². The second-order valence-electron chi connectivity index (χ2n) is 7.95. The van der Waals surface area contributed by atoms with Gasteiger partial charge in [0.05, 0.1) is 18.8 Å². The summed E-state index contributed by atoms with van der Waals surface area (Å²) in [5, 5.41) is 16.8. The lowest BCUT2D eigenvalue weighted by Gasteiger charge is -2.24. The summed E-state index contributed by atoms with van der Waals surface area (Å²) in [6, 6.07) is 3.58. The molecule has 9 N–H and O–H groups in total. The predicted octanol–water partition coefficient (Wildman–Crippen LogP) is -2.13. The minimum Gasteiger partial charge on any atom is -0.480 e. The first-order valence-corrected chi connectivity index (χ1v) is 11.5. The molecule has 0 saturated heterocycles. The van der Waals surface area contributed by atoms with Crippen LogP contribution in [0.4, 0.5) is 0 Å². The molecule has 4 atom stereocenters. The van der Waals surface area contributed by atoms with Gasteiger partial charge in [-0.25, -0.2) is 9.78 Å². The van der Waals surface area contributed by atoms with Crippen LogP contribution >= 0.6 is 12.6 Å². The minimum atomic E-state index is -1.49. The Morgan fingerprint density at radius 1 is 0.944 bits per heavy atom. The van der Waals surface area contributed by atoms with E-state index in [4.69, 9.17) is 11.5 Å². The number of H-pyrrole nitrogens is 1. The van der Waals surface area contributed by atoms with Gasteiger partial charge in [0.25, 0.3) is 0 Å². The minimum absolute atomic E-state index is 0.0227. The zero-order valence-electron chi connectivity index (χ0n) is 19.2. The third-order valence-electron chi connectivity index (χ3n) is 5.08.